The van der Waals surface area contributed by atoms with Gasteiger partial charge in [0.05, 0.1) is 0 Å². The summed E-state index contributed by atoms with van der Waals surface area (Å²) in [5, 5.41) is 0. The topological polar surface area (TPSA) is 78.9 Å². The largest absolute Gasteiger partial charge is 0.462 e. The molecule has 78 heavy (non-hydrogen) atoms. The van der Waals surface area contributed by atoms with Crippen LogP contribution in [0.4, 0.5) is 0 Å². The lowest BCUT2D eigenvalue weighted by Gasteiger charge is -2.18. The number of carbonyl (C=O) groups is 3. The summed E-state index contributed by atoms with van der Waals surface area (Å²) in [4.78, 5) is 38.3. The minimum absolute atomic E-state index is 0.0706. The minimum Gasteiger partial charge on any atom is -0.462 e. The van der Waals surface area contributed by atoms with E-state index in [1.165, 1.54) is 295 Å². The first-order chi connectivity index (χ1) is 38.5. The van der Waals surface area contributed by atoms with Gasteiger partial charge in [-0.2, -0.15) is 0 Å². The molecule has 0 radical (unpaired) electrons. The summed E-state index contributed by atoms with van der Waals surface area (Å²) in [6.45, 7) is 6.68. The van der Waals surface area contributed by atoms with Crippen molar-refractivity contribution in [3.63, 3.8) is 0 Å². The number of hydrogen-bond acceptors (Lipinski definition) is 6. The van der Waals surface area contributed by atoms with E-state index in [4.69, 9.17) is 14.2 Å². The molecular formula is C72H136O6. The Morgan fingerprint density at radius 1 is 0.244 bits per heavy atom. The highest BCUT2D eigenvalue weighted by molar-refractivity contribution is 5.71. The molecule has 0 rings (SSSR count). The number of unbranched alkanes of at least 4 members (excludes halogenated alkanes) is 51. The number of rotatable bonds is 66. The van der Waals surface area contributed by atoms with Gasteiger partial charge in [0, 0.05) is 19.3 Å². The molecule has 1 atom stereocenters. The van der Waals surface area contributed by atoms with Crippen molar-refractivity contribution in [3.05, 3.63) is 24.3 Å². The van der Waals surface area contributed by atoms with Crippen LogP contribution in [0.15, 0.2) is 24.3 Å². The summed E-state index contributed by atoms with van der Waals surface area (Å²) in [6.07, 6.45) is 82.2. The maximum atomic E-state index is 12.9. The first kappa shape index (κ1) is 75.9. The summed E-state index contributed by atoms with van der Waals surface area (Å²) in [7, 11) is 0. The highest BCUT2D eigenvalue weighted by atomic mass is 16.6. The Hall–Kier alpha value is -2.11. The quantitative estimate of drug-likeness (QED) is 0.0261. The van der Waals surface area contributed by atoms with Gasteiger partial charge in [0.1, 0.15) is 13.2 Å². The summed E-state index contributed by atoms with van der Waals surface area (Å²) >= 11 is 0. The number of allylic oxidation sites excluding steroid dienone is 4. The zero-order chi connectivity index (χ0) is 56.4. The fraction of sp³-hybridized carbons (Fsp3) is 0.903. The van der Waals surface area contributed by atoms with Crippen molar-refractivity contribution in [2.75, 3.05) is 13.2 Å². The predicted molar refractivity (Wildman–Crippen MR) is 340 cm³/mol. The fourth-order valence-corrected chi connectivity index (χ4v) is 10.8. The maximum absolute atomic E-state index is 12.9. The molecule has 6 nitrogen and oxygen atoms in total. The van der Waals surface area contributed by atoms with Crippen LogP contribution in [0, 0.1) is 0 Å². The van der Waals surface area contributed by atoms with Gasteiger partial charge in [-0.3, -0.25) is 14.4 Å². The van der Waals surface area contributed by atoms with Gasteiger partial charge in [0.2, 0.25) is 0 Å². The fourth-order valence-electron chi connectivity index (χ4n) is 10.8. The summed E-state index contributed by atoms with van der Waals surface area (Å²) in [5.41, 5.74) is 0. The third-order valence-electron chi connectivity index (χ3n) is 16.2. The van der Waals surface area contributed by atoms with E-state index in [2.05, 4.69) is 45.1 Å². The van der Waals surface area contributed by atoms with E-state index in [-0.39, 0.29) is 31.1 Å². The second-order valence-electron chi connectivity index (χ2n) is 24.1. The van der Waals surface area contributed by atoms with Crippen molar-refractivity contribution in [3.8, 4) is 0 Å². The monoisotopic (exact) mass is 1100 g/mol. The van der Waals surface area contributed by atoms with Crippen LogP contribution in [0.5, 0.6) is 0 Å². The Bertz CT molecular complexity index is 1260. The van der Waals surface area contributed by atoms with Gasteiger partial charge in [-0.05, 0) is 70.6 Å². The Kier molecular flexibility index (Phi) is 65.6. The molecule has 0 aliphatic carbocycles. The molecule has 0 fully saturated rings. The Balaban J connectivity index is 4.12. The number of ether oxygens (including phenoxy) is 3. The molecule has 0 saturated heterocycles. The molecule has 6 heteroatoms. The van der Waals surface area contributed by atoms with Crippen molar-refractivity contribution >= 4 is 17.9 Å². The lowest BCUT2D eigenvalue weighted by Crippen LogP contribution is -2.30. The molecular weight excluding hydrogens is 961 g/mol. The van der Waals surface area contributed by atoms with Crippen LogP contribution in [-0.2, 0) is 28.6 Å². The van der Waals surface area contributed by atoms with E-state index in [1.54, 1.807) is 0 Å². The first-order valence-corrected chi connectivity index (χ1v) is 35.3. The Labute approximate surface area is 487 Å². The number of hydrogen-bond donors (Lipinski definition) is 0. The molecule has 0 aromatic carbocycles. The van der Waals surface area contributed by atoms with Gasteiger partial charge in [0.25, 0.3) is 0 Å². The maximum Gasteiger partial charge on any atom is 0.306 e. The van der Waals surface area contributed by atoms with Crippen molar-refractivity contribution in [1.82, 2.24) is 0 Å². The average Bonchev–Trinajstić information content (AvgIpc) is 3.44. The third-order valence-corrected chi connectivity index (χ3v) is 16.2. The molecule has 0 aliphatic rings. The van der Waals surface area contributed by atoms with Crippen LogP contribution >= 0.6 is 0 Å². The van der Waals surface area contributed by atoms with Gasteiger partial charge in [-0.1, -0.05) is 334 Å². The zero-order valence-electron chi connectivity index (χ0n) is 53.0. The summed E-state index contributed by atoms with van der Waals surface area (Å²) < 4.78 is 17.0. The predicted octanol–water partition coefficient (Wildman–Crippen LogP) is 24.2. The van der Waals surface area contributed by atoms with E-state index in [1.807, 2.05) is 0 Å². The second kappa shape index (κ2) is 67.4. The van der Waals surface area contributed by atoms with E-state index in [0.717, 1.165) is 64.2 Å². The van der Waals surface area contributed by atoms with Gasteiger partial charge < -0.3 is 14.2 Å². The van der Waals surface area contributed by atoms with Crippen LogP contribution < -0.4 is 0 Å². The van der Waals surface area contributed by atoms with Crippen LogP contribution in [0.2, 0.25) is 0 Å². The van der Waals surface area contributed by atoms with Gasteiger partial charge >= 0.3 is 17.9 Å². The molecule has 0 saturated carbocycles. The average molecular weight is 1100 g/mol. The molecule has 0 amide bonds. The third kappa shape index (κ3) is 64.7. The lowest BCUT2D eigenvalue weighted by atomic mass is 10.0. The van der Waals surface area contributed by atoms with Crippen molar-refractivity contribution in [2.24, 2.45) is 0 Å². The van der Waals surface area contributed by atoms with Crippen molar-refractivity contribution in [2.45, 2.75) is 406 Å². The summed E-state index contributed by atoms with van der Waals surface area (Å²) in [6, 6.07) is 0. The molecule has 0 aromatic rings. The standard InChI is InChI=1S/C72H136O6/c1-4-7-10-13-16-19-22-25-27-29-31-32-33-34-35-36-37-38-39-40-41-42-44-45-47-50-53-56-59-62-65-71(74)77-68-69(67-76-70(73)64-61-58-55-52-49-24-21-18-15-12-9-6-3)78-72(75)66-63-60-57-54-51-48-46-43-30-28-26-23-20-17-14-11-8-5-2/h18,21,28,30,69H,4-17,19-20,22-27,29,31-68H2,1-3H3/b21-18-,30-28-. The Morgan fingerprint density at radius 3 is 0.667 bits per heavy atom. The van der Waals surface area contributed by atoms with Gasteiger partial charge in [-0.15, -0.1) is 0 Å². The van der Waals surface area contributed by atoms with Crippen LogP contribution in [0.3, 0.4) is 0 Å². The van der Waals surface area contributed by atoms with Gasteiger partial charge in [-0.25, -0.2) is 0 Å². The van der Waals surface area contributed by atoms with Gasteiger partial charge in [0.15, 0.2) is 6.10 Å². The summed E-state index contributed by atoms with van der Waals surface area (Å²) in [5.74, 6) is -0.857. The normalized spacial score (nSPS) is 12.1. The minimum atomic E-state index is -0.775. The smallest absolute Gasteiger partial charge is 0.306 e. The van der Waals surface area contributed by atoms with Crippen LogP contribution in [0.25, 0.3) is 0 Å². The van der Waals surface area contributed by atoms with E-state index in [9.17, 15) is 14.4 Å². The SMILES string of the molecule is CCCCC/C=C\CCCCCCCC(=O)OCC(COC(=O)CCCCCCCCCCCCCCCCCCCCCCCCCCCCCCCC)OC(=O)CCCCCCCCC/C=C\CCCCCCCCC. The molecule has 0 aliphatic heterocycles. The molecule has 0 heterocycles. The van der Waals surface area contributed by atoms with Crippen LogP contribution in [0.1, 0.15) is 400 Å². The van der Waals surface area contributed by atoms with E-state index < -0.39 is 6.10 Å². The van der Waals surface area contributed by atoms with Crippen molar-refractivity contribution in [1.29, 1.82) is 0 Å². The number of carbonyl (C=O) groups excluding carboxylic acids is 3. The molecule has 0 spiro atoms. The molecule has 0 bridgehead atoms. The highest BCUT2D eigenvalue weighted by Crippen LogP contribution is 2.19. The Morgan fingerprint density at radius 2 is 0.423 bits per heavy atom. The highest BCUT2D eigenvalue weighted by Gasteiger charge is 2.19. The second-order valence-corrected chi connectivity index (χ2v) is 24.1. The zero-order valence-corrected chi connectivity index (χ0v) is 53.0. The van der Waals surface area contributed by atoms with E-state index >= 15 is 0 Å². The molecule has 460 valence electrons. The lowest BCUT2D eigenvalue weighted by molar-refractivity contribution is -0.167. The van der Waals surface area contributed by atoms with Crippen molar-refractivity contribution < 1.29 is 28.6 Å². The first-order valence-electron chi connectivity index (χ1n) is 35.3. The molecule has 0 aromatic heterocycles. The number of esters is 3. The molecule has 0 N–H and O–H groups in total. The van der Waals surface area contributed by atoms with E-state index in [0.29, 0.717) is 19.3 Å². The molecule has 1 unspecified atom stereocenters. The van der Waals surface area contributed by atoms with Crippen LogP contribution in [-0.4, -0.2) is 37.2 Å².